The Morgan fingerprint density at radius 3 is 2.34 bits per heavy atom. The number of nitro groups is 1. The van der Waals surface area contributed by atoms with E-state index < -0.39 is 41.1 Å². The van der Waals surface area contributed by atoms with Gasteiger partial charge in [0.2, 0.25) is 5.91 Å². The zero-order chi connectivity index (χ0) is 27.4. The van der Waals surface area contributed by atoms with Crippen LogP contribution in [0.1, 0.15) is 43.6 Å². The summed E-state index contributed by atoms with van der Waals surface area (Å²) in [6, 6.07) is 16.1. The number of carbonyl (C=O) groups is 5. The standard InChI is InChI=1S/C26H20N4O8/c1-15(31)38-20-4-2-3-17(11-20)24(33)28-18-7-5-16(6-8-18)13-27-23(32)14-29-25(34)21-10-9-19(30(36)37)12-22(21)26(29)35/h2-12H,13-14H2,1H3,(H,27,32)(H,28,33). The number of imide groups is 1. The molecule has 38 heavy (non-hydrogen) atoms. The van der Waals surface area contributed by atoms with Crippen molar-refractivity contribution in [2.24, 2.45) is 0 Å². The Morgan fingerprint density at radius 2 is 1.66 bits per heavy atom. The molecule has 4 amide bonds. The second-order valence-electron chi connectivity index (χ2n) is 8.23. The van der Waals surface area contributed by atoms with Crippen molar-refractivity contribution in [1.82, 2.24) is 10.2 Å². The number of benzene rings is 3. The van der Waals surface area contributed by atoms with Crippen LogP contribution in [-0.2, 0) is 16.1 Å². The van der Waals surface area contributed by atoms with Crippen molar-refractivity contribution < 1.29 is 33.6 Å². The summed E-state index contributed by atoms with van der Waals surface area (Å²) < 4.78 is 4.98. The molecule has 3 aromatic rings. The number of esters is 1. The first kappa shape index (κ1) is 25.7. The third kappa shape index (κ3) is 5.70. The third-order valence-electron chi connectivity index (χ3n) is 5.53. The van der Waals surface area contributed by atoms with Crippen LogP contribution in [0, 0.1) is 10.1 Å². The van der Waals surface area contributed by atoms with E-state index in [4.69, 9.17) is 4.74 Å². The molecule has 0 fully saturated rings. The Morgan fingerprint density at radius 1 is 0.947 bits per heavy atom. The highest BCUT2D eigenvalue weighted by atomic mass is 16.6. The van der Waals surface area contributed by atoms with Crippen molar-refractivity contribution in [3.05, 3.63) is 99.1 Å². The lowest BCUT2D eigenvalue weighted by Gasteiger charge is -2.14. The Balaban J connectivity index is 1.31. The molecule has 0 atom stereocenters. The highest BCUT2D eigenvalue weighted by Crippen LogP contribution is 2.26. The lowest BCUT2D eigenvalue weighted by atomic mass is 10.1. The maximum atomic E-state index is 12.5. The molecular formula is C26H20N4O8. The first-order valence-electron chi connectivity index (χ1n) is 11.2. The molecule has 0 saturated heterocycles. The molecule has 0 aromatic heterocycles. The van der Waals surface area contributed by atoms with Crippen LogP contribution in [0.3, 0.4) is 0 Å². The molecule has 2 N–H and O–H groups in total. The Kier molecular flexibility index (Phi) is 7.24. The smallest absolute Gasteiger partial charge is 0.308 e. The Labute approximate surface area is 215 Å². The fourth-order valence-electron chi connectivity index (χ4n) is 3.71. The average Bonchev–Trinajstić information content (AvgIpc) is 3.12. The van der Waals surface area contributed by atoms with Gasteiger partial charge in [-0.25, -0.2) is 0 Å². The van der Waals surface area contributed by atoms with Crippen molar-refractivity contribution >= 4 is 41.0 Å². The van der Waals surface area contributed by atoms with Gasteiger partial charge in [0, 0.05) is 36.9 Å². The van der Waals surface area contributed by atoms with E-state index >= 15 is 0 Å². The number of hydrogen-bond acceptors (Lipinski definition) is 8. The molecule has 0 spiro atoms. The largest absolute Gasteiger partial charge is 0.427 e. The minimum absolute atomic E-state index is 0.00383. The SMILES string of the molecule is CC(=O)Oc1cccc(C(=O)Nc2ccc(CNC(=O)CN3C(=O)c4ccc([N+](=O)[O-])cc4C3=O)cc2)c1. The fraction of sp³-hybridized carbons (Fsp3) is 0.115. The van der Waals surface area contributed by atoms with Gasteiger partial charge in [-0.1, -0.05) is 18.2 Å². The third-order valence-corrected chi connectivity index (χ3v) is 5.53. The number of anilines is 1. The number of non-ortho nitro benzene ring substituents is 1. The Hall–Kier alpha value is -5.39. The van der Waals surface area contributed by atoms with Crippen molar-refractivity contribution in [3.63, 3.8) is 0 Å². The van der Waals surface area contributed by atoms with Crippen LogP contribution < -0.4 is 15.4 Å². The molecule has 1 aliphatic rings. The van der Waals surface area contributed by atoms with Crippen LogP contribution >= 0.6 is 0 Å². The first-order chi connectivity index (χ1) is 18.1. The van der Waals surface area contributed by atoms with E-state index in [1.165, 1.54) is 19.1 Å². The van der Waals surface area contributed by atoms with Gasteiger partial charge in [0.15, 0.2) is 0 Å². The van der Waals surface area contributed by atoms with Crippen LogP contribution in [0.5, 0.6) is 5.75 Å². The molecule has 0 unspecified atom stereocenters. The fourth-order valence-corrected chi connectivity index (χ4v) is 3.71. The number of carbonyl (C=O) groups excluding carboxylic acids is 5. The molecule has 12 heteroatoms. The number of nitro benzene ring substituents is 1. The van der Waals surface area contributed by atoms with Gasteiger partial charge < -0.3 is 15.4 Å². The van der Waals surface area contributed by atoms with Crippen LogP contribution in [0.4, 0.5) is 11.4 Å². The maximum Gasteiger partial charge on any atom is 0.308 e. The van der Waals surface area contributed by atoms with Gasteiger partial charge in [-0.05, 0) is 42.0 Å². The predicted molar refractivity (Wildman–Crippen MR) is 132 cm³/mol. The topological polar surface area (TPSA) is 165 Å². The minimum atomic E-state index is -0.776. The van der Waals surface area contributed by atoms with E-state index in [-0.39, 0.29) is 29.1 Å². The van der Waals surface area contributed by atoms with E-state index in [9.17, 15) is 34.1 Å². The van der Waals surface area contributed by atoms with E-state index in [0.717, 1.165) is 17.0 Å². The molecule has 0 aliphatic carbocycles. The number of nitrogens with one attached hydrogen (secondary N) is 2. The predicted octanol–water partition coefficient (Wildman–Crippen LogP) is 2.68. The summed E-state index contributed by atoms with van der Waals surface area (Å²) in [6.07, 6.45) is 0. The monoisotopic (exact) mass is 516 g/mol. The number of ether oxygens (including phenoxy) is 1. The van der Waals surface area contributed by atoms with Gasteiger partial charge in [0.25, 0.3) is 23.4 Å². The molecule has 1 heterocycles. The summed E-state index contributed by atoms with van der Waals surface area (Å²) in [7, 11) is 0. The number of amides is 4. The van der Waals surface area contributed by atoms with Crippen molar-refractivity contribution in [2.75, 3.05) is 11.9 Å². The molecule has 12 nitrogen and oxygen atoms in total. The second-order valence-corrected chi connectivity index (χ2v) is 8.23. The molecule has 0 radical (unpaired) electrons. The highest BCUT2D eigenvalue weighted by Gasteiger charge is 2.37. The number of nitrogens with zero attached hydrogens (tertiary/aromatic N) is 2. The van der Waals surface area contributed by atoms with Gasteiger partial charge in [0.1, 0.15) is 12.3 Å². The summed E-state index contributed by atoms with van der Waals surface area (Å²) in [5.74, 6) is -2.74. The number of rotatable bonds is 8. The summed E-state index contributed by atoms with van der Waals surface area (Å²) in [4.78, 5) is 72.0. The molecular weight excluding hydrogens is 496 g/mol. The molecule has 192 valence electrons. The lowest BCUT2D eigenvalue weighted by molar-refractivity contribution is -0.384. The summed E-state index contributed by atoms with van der Waals surface area (Å²) in [5.41, 5.74) is 1.03. The van der Waals surface area contributed by atoms with E-state index in [1.807, 2.05) is 0 Å². The molecule has 4 rings (SSSR count). The summed E-state index contributed by atoms with van der Waals surface area (Å²) in [5, 5.41) is 16.3. The van der Waals surface area contributed by atoms with Crippen LogP contribution in [0.15, 0.2) is 66.7 Å². The highest BCUT2D eigenvalue weighted by molar-refractivity contribution is 6.22. The summed E-state index contributed by atoms with van der Waals surface area (Å²) >= 11 is 0. The van der Waals surface area contributed by atoms with E-state index in [2.05, 4.69) is 10.6 Å². The normalized spacial score (nSPS) is 12.1. The van der Waals surface area contributed by atoms with Gasteiger partial charge in [-0.2, -0.15) is 0 Å². The van der Waals surface area contributed by atoms with Crippen molar-refractivity contribution in [2.45, 2.75) is 13.5 Å². The van der Waals surface area contributed by atoms with E-state index in [0.29, 0.717) is 16.8 Å². The molecule has 1 aliphatic heterocycles. The average molecular weight is 516 g/mol. The van der Waals surface area contributed by atoms with Crippen LogP contribution in [0.2, 0.25) is 0 Å². The van der Waals surface area contributed by atoms with Gasteiger partial charge >= 0.3 is 5.97 Å². The maximum absolute atomic E-state index is 12.5. The zero-order valence-corrected chi connectivity index (χ0v) is 19.9. The molecule has 0 bridgehead atoms. The zero-order valence-electron chi connectivity index (χ0n) is 19.9. The van der Waals surface area contributed by atoms with Crippen LogP contribution in [-0.4, -0.2) is 46.0 Å². The first-order valence-corrected chi connectivity index (χ1v) is 11.2. The number of fused-ring (bicyclic) bond motifs is 1. The quantitative estimate of drug-likeness (QED) is 0.152. The molecule has 0 saturated carbocycles. The van der Waals surface area contributed by atoms with Gasteiger partial charge in [0.05, 0.1) is 16.1 Å². The van der Waals surface area contributed by atoms with Gasteiger partial charge in [-0.3, -0.25) is 39.0 Å². The number of hydrogen-bond donors (Lipinski definition) is 2. The van der Waals surface area contributed by atoms with Crippen molar-refractivity contribution in [1.29, 1.82) is 0 Å². The van der Waals surface area contributed by atoms with Crippen molar-refractivity contribution in [3.8, 4) is 5.75 Å². The molecule has 3 aromatic carbocycles. The Bertz CT molecular complexity index is 1480. The second kappa shape index (κ2) is 10.7. The minimum Gasteiger partial charge on any atom is -0.427 e. The van der Waals surface area contributed by atoms with Gasteiger partial charge in [-0.15, -0.1) is 0 Å². The van der Waals surface area contributed by atoms with E-state index in [1.54, 1.807) is 42.5 Å². The summed E-state index contributed by atoms with van der Waals surface area (Å²) in [6.45, 7) is 0.809. The lowest BCUT2D eigenvalue weighted by Crippen LogP contribution is -2.40. The van der Waals surface area contributed by atoms with Crippen LogP contribution in [0.25, 0.3) is 0 Å².